The van der Waals surface area contributed by atoms with Crippen LogP contribution in [0.2, 0.25) is 0 Å². The van der Waals surface area contributed by atoms with Gasteiger partial charge in [0, 0.05) is 19.4 Å². The molecule has 0 radical (unpaired) electrons. The predicted molar refractivity (Wildman–Crippen MR) is 164 cm³/mol. The summed E-state index contributed by atoms with van der Waals surface area (Å²) in [7, 11) is 2.60. The number of hydrogen-bond donors (Lipinski definition) is 0. The predicted octanol–water partition coefficient (Wildman–Crippen LogP) is 2.40. The summed E-state index contributed by atoms with van der Waals surface area (Å²) in [4.78, 5) is 59.7. The molecule has 0 N–H and O–H groups in total. The molecule has 0 aromatic carbocycles. The fourth-order valence-electron chi connectivity index (χ4n) is 3.46. The number of amides is 1. The normalized spacial score (nSPS) is 14.3. The number of ketones is 1. The van der Waals surface area contributed by atoms with Crippen LogP contribution in [0.1, 0.15) is 92.9 Å². The van der Waals surface area contributed by atoms with Gasteiger partial charge in [-0.3, -0.25) is 19.3 Å². The number of carbonyl (C=O) groups is 5. The molecule has 12 heteroatoms. The zero-order valence-electron chi connectivity index (χ0n) is 27.5. The van der Waals surface area contributed by atoms with Crippen molar-refractivity contribution in [2.24, 2.45) is 5.92 Å². The zero-order chi connectivity index (χ0) is 32.2. The molecule has 0 aromatic rings. The summed E-state index contributed by atoms with van der Waals surface area (Å²) in [6, 6.07) is -0.486. The number of hydrogen-bond acceptors (Lipinski definition) is 9. The van der Waals surface area contributed by atoms with Gasteiger partial charge in [0.15, 0.2) is 0 Å². The number of rotatable bonds is 11. The molecular weight excluding hydrogens is 635 g/mol. The van der Waals surface area contributed by atoms with Gasteiger partial charge in [-0.15, -0.1) is 19.2 Å². The Morgan fingerprint density at radius 1 is 0.930 bits per heavy atom. The number of allylic oxidation sites excluding steroid dienone is 2. The Balaban J connectivity index is -0.000000308. The van der Waals surface area contributed by atoms with Crippen LogP contribution in [-0.4, -0.2) is 95.7 Å². The van der Waals surface area contributed by atoms with Gasteiger partial charge in [0.05, 0.1) is 26.6 Å². The topological polar surface area (TPSA) is 126 Å². The van der Waals surface area contributed by atoms with Crippen molar-refractivity contribution in [2.75, 3.05) is 20.8 Å². The van der Waals surface area contributed by atoms with Gasteiger partial charge in [0.1, 0.15) is 23.0 Å². The van der Waals surface area contributed by atoms with Gasteiger partial charge in [-0.05, 0) is 67.2 Å². The minimum atomic E-state index is -0.641. The number of halogens is 1. The van der Waals surface area contributed by atoms with E-state index < -0.39 is 41.2 Å². The molecule has 1 rings (SSSR count). The number of Topliss-reactive ketones (excluding diaryl/α,β-unsaturated/α-hetero) is 1. The summed E-state index contributed by atoms with van der Waals surface area (Å²) in [5.74, 6) is -1.91. The van der Waals surface area contributed by atoms with Gasteiger partial charge >= 0.3 is 47.1 Å². The molecule has 0 spiro atoms. The Hall–Kier alpha value is -1.92. The van der Waals surface area contributed by atoms with E-state index in [9.17, 15) is 24.0 Å². The third-order valence-corrected chi connectivity index (χ3v) is 5.32. The molecule has 0 unspecified atom stereocenters. The van der Waals surface area contributed by atoms with Crippen molar-refractivity contribution in [1.29, 1.82) is 0 Å². The minimum absolute atomic E-state index is 0. The summed E-state index contributed by atoms with van der Waals surface area (Å²) in [6.07, 6.45) is 6.77. The van der Waals surface area contributed by atoms with Crippen molar-refractivity contribution in [3.05, 3.63) is 32.2 Å². The first-order valence-electron chi connectivity index (χ1n) is 13.9. The number of ether oxygens (including phenoxy) is 4. The van der Waals surface area contributed by atoms with E-state index in [-0.39, 0.29) is 64.6 Å². The number of methoxy groups -OCH3 is 2. The first kappa shape index (κ1) is 48.0. The van der Waals surface area contributed by atoms with Crippen LogP contribution < -0.4 is 17.0 Å². The zero-order valence-corrected chi connectivity index (χ0v) is 30.5. The molecule has 1 amide bonds. The molecule has 43 heavy (non-hydrogen) atoms. The van der Waals surface area contributed by atoms with Gasteiger partial charge < -0.3 is 42.9 Å². The third kappa shape index (κ3) is 25.1. The van der Waals surface area contributed by atoms with Gasteiger partial charge in [-0.25, -0.2) is 9.59 Å². The maximum atomic E-state index is 11.8. The van der Waals surface area contributed by atoms with Crippen LogP contribution in [0.25, 0.3) is 0 Å². The van der Waals surface area contributed by atoms with Gasteiger partial charge in [-0.1, -0.05) is 6.08 Å². The van der Waals surface area contributed by atoms with Crippen molar-refractivity contribution < 1.29 is 59.9 Å². The van der Waals surface area contributed by atoms with Crippen LogP contribution in [0.4, 0.5) is 4.79 Å². The third-order valence-electron chi connectivity index (χ3n) is 5.32. The number of nitrogens with zero attached hydrogens (tertiary/aromatic N) is 1. The van der Waals surface area contributed by atoms with Crippen LogP contribution in [0.5, 0.6) is 0 Å². The molecular formula is C31H52BrMgNO9. The number of carbonyl (C=O) groups excluding carboxylic acids is 5. The molecule has 0 saturated carbocycles. The van der Waals surface area contributed by atoms with Crippen molar-refractivity contribution in [3.8, 4) is 0 Å². The van der Waals surface area contributed by atoms with Crippen LogP contribution in [0.3, 0.4) is 0 Å². The smallest absolute Gasteiger partial charge is 1.00 e. The van der Waals surface area contributed by atoms with E-state index in [0.29, 0.717) is 32.2 Å². The van der Waals surface area contributed by atoms with Crippen molar-refractivity contribution in [3.63, 3.8) is 0 Å². The van der Waals surface area contributed by atoms with Gasteiger partial charge in [-0.2, -0.15) is 6.42 Å². The van der Waals surface area contributed by atoms with Gasteiger partial charge in [0.2, 0.25) is 0 Å². The first-order valence-corrected chi connectivity index (χ1v) is 13.9. The fourth-order valence-corrected chi connectivity index (χ4v) is 3.46. The fraction of sp³-hybridized carbons (Fsp3) is 0.677. The SMILES string of the molecule is C=CCCC(=O)CC[C@H](CC(=O)OC(C)(C)C)C(=O)OC.C=CC[CH2-].COC(=O)[C@@H]1CCCN1C(=O)OC(C)(C)C.[Br-].[Mg+2]. The van der Waals surface area contributed by atoms with Crippen LogP contribution in [0, 0.1) is 12.8 Å². The maximum absolute atomic E-state index is 11.8. The average molecular weight is 687 g/mol. The van der Waals surface area contributed by atoms with Crippen molar-refractivity contribution in [1.82, 2.24) is 4.90 Å². The summed E-state index contributed by atoms with van der Waals surface area (Å²) >= 11 is 0. The second-order valence-corrected chi connectivity index (χ2v) is 11.3. The van der Waals surface area contributed by atoms with E-state index in [1.54, 1.807) is 53.7 Å². The summed E-state index contributed by atoms with van der Waals surface area (Å²) in [5.41, 5.74) is -1.14. The van der Waals surface area contributed by atoms with Crippen LogP contribution in [-0.2, 0) is 38.1 Å². The molecule has 1 heterocycles. The average Bonchev–Trinajstić information content (AvgIpc) is 3.37. The Kier molecular flexibility index (Phi) is 28.4. The minimum Gasteiger partial charge on any atom is -1.00 e. The number of likely N-dealkylation sites (tertiary alicyclic amines) is 1. The molecule has 244 valence electrons. The standard InChI is InChI=1S/C16H26O5.C11H19NO4.C4H7.BrH.Mg/c1-6-7-8-13(17)10-9-12(15(19)20-5)11-14(18)21-16(2,3)4;1-11(2,3)16-10(14)12-7-5-6-8(12)9(13)15-4;1-3-4-2;;/h6,12H,1,7-11H2,2-5H3;8H,5-7H2,1-4H3;3H,1-2,4H2;1H;/q;;-1;;+2/p-1/t12-;8-;;;/m10.../s1. The Morgan fingerprint density at radius 2 is 1.47 bits per heavy atom. The molecule has 0 aliphatic carbocycles. The second-order valence-electron chi connectivity index (χ2n) is 11.3. The first-order chi connectivity index (χ1) is 19.0. The quantitative estimate of drug-likeness (QED) is 0.106. The molecule has 1 fully saturated rings. The van der Waals surface area contributed by atoms with E-state index in [0.717, 1.165) is 12.8 Å². The maximum Gasteiger partial charge on any atom is 2.00 e. The Bertz CT molecular complexity index is 866. The van der Waals surface area contributed by atoms with Crippen molar-refractivity contribution >= 4 is 52.8 Å². The summed E-state index contributed by atoms with van der Waals surface area (Å²) in [6.45, 7) is 21.7. The largest absolute Gasteiger partial charge is 2.00 e. The summed E-state index contributed by atoms with van der Waals surface area (Å²) in [5, 5.41) is 0. The van der Waals surface area contributed by atoms with E-state index in [4.69, 9.17) is 9.47 Å². The van der Waals surface area contributed by atoms with E-state index in [1.165, 1.54) is 19.1 Å². The molecule has 0 aromatic heterocycles. The molecule has 1 saturated heterocycles. The molecule has 1 aliphatic heterocycles. The van der Waals surface area contributed by atoms with E-state index >= 15 is 0 Å². The van der Waals surface area contributed by atoms with Gasteiger partial charge in [0.25, 0.3) is 0 Å². The summed E-state index contributed by atoms with van der Waals surface area (Å²) < 4.78 is 19.8. The molecule has 0 bridgehead atoms. The van der Waals surface area contributed by atoms with Crippen LogP contribution >= 0.6 is 0 Å². The van der Waals surface area contributed by atoms with E-state index in [1.807, 2.05) is 0 Å². The number of esters is 3. The van der Waals surface area contributed by atoms with Crippen molar-refractivity contribution in [2.45, 2.75) is 110 Å². The Labute approximate surface area is 285 Å². The van der Waals surface area contributed by atoms with E-state index in [2.05, 4.69) is 29.6 Å². The Morgan fingerprint density at radius 3 is 1.88 bits per heavy atom. The molecule has 2 atom stereocenters. The molecule has 1 aliphatic rings. The molecule has 10 nitrogen and oxygen atoms in total. The second kappa shape index (κ2) is 25.4. The monoisotopic (exact) mass is 685 g/mol. The van der Waals surface area contributed by atoms with Crippen LogP contribution in [0.15, 0.2) is 25.3 Å².